The average Bonchev–Trinajstić information content (AvgIpc) is 2.58. The first-order chi connectivity index (χ1) is 10.8. The monoisotopic (exact) mass is 297 g/mol. The second-order valence-electron chi connectivity index (χ2n) is 4.61. The van der Waals surface area contributed by atoms with Gasteiger partial charge in [-0.05, 0) is 35.4 Å². The van der Waals surface area contributed by atoms with E-state index in [9.17, 15) is 4.79 Å². The largest absolute Gasteiger partial charge is 0.484 e. The average molecular weight is 297 g/mol. The van der Waals surface area contributed by atoms with Gasteiger partial charge < -0.3 is 15.8 Å². The molecule has 0 unspecified atom stereocenters. The Hall–Kier alpha value is -2.66. The van der Waals surface area contributed by atoms with Crippen molar-refractivity contribution in [2.75, 3.05) is 19.7 Å². The van der Waals surface area contributed by atoms with Crippen LogP contribution < -0.4 is 15.8 Å². The molecule has 114 valence electrons. The van der Waals surface area contributed by atoms with Crippen molar-refractivity contribution in [1.29, 1.82) is 0 Å². The van der Waals surface area contributed by atoms with E-state index >= 15 is 0 Å². The van der Waals surface area contributed by atoms with Gasteiger partial charge >= 0.3 is 0 Å². The number of hydrogen-bond donors (Lipinski definition) is 2. The molecule has 2 rings (SSSR count). The molecule has 22 heavy (non-hydrogen) atoms. The minimum absolute atomic E-state index is 0.00774. The van der Waals surface area contributed by atoms with Crippen LogP contribution >= 0.6 is 0 Å². The molecule has 0 saturated carbocycles. The number of pyridine rings is 1. The Bertz CT molecular complexity index is 610. The van der Waals surface area contributed by atoms with E-state index in [1.54, 1.807) is 12.4 Å². The molecule has 3 N–H and O–H groups in total. The summed E-state index contributed by atoms with van der Waals surface area (Å²) in [5.41, 5.74) is 7.45. The molecule has 1 aromatic heterocycles. The minimum Gasteiger partial charge on any atom is -0.484 e. The molecule has 1 amide bonds. The Labute approximate surface area is 129 Å². The van der Waals surface area contributed by atoms with Crippen LogP contribution in [0.2, 0.25) is 0 Å². The molecule has 0 bridgehead atoms. The summed E-state index contributed by atoms with van der Waals surface area (Å²) < 4.78 is 5.40. The van der Waals surface area contributed by atoms with Crippen molar-refractivity contribution in [3.8, 4) is 5.75 Å². The highest BCUT2D eigenvalue weighted by atomic mass is 16.5. The highest BCUT2D eigenvalue weighted by Crippen LogP contribution is 2.14. The number of carbonyl (C=O) groups is 1. The molecule has 0 fully saturated rings. The number of carbonyl (C=O) groups excluding carboxylic acids is 1. The van der Waals surface area contributed by atoms with Gasteiger partial charge in [-0.25, -0.2) is 0 Å². The van der Waals surface area contributed by atoms with E-state index in [1.165, 1.54) is 0 Å². The van der Waals surface area contributed by atoms with Crippen molar-refractivity contribution < 1.29 is 9.53 Å². The fourth-order valence-corrected chi connectivity index (χ4v) is 1.75. The van der Waals surface area contributed by atoms with Crippen LogP contribution in [0.1, 0.15) is 11.1 Å². The normalized spacial score (nSPS) is 10.6. The minimum atomic E-state index is -0.174. The predicted molar refractivity (Wildman–Crippen MR) is 87.2 cm³/mol. The standard InChI is InChI=1S/C17H19N3O2/c18-9-12-20-17(21)13-22-16-5-3-14(4-6-16)1-2-15-7-10-19-11-8-15/h1-8,10-11H,9,12-13,18H2,(H,20,21)/b2-1+. The van der Waals surface area contributed by atoms with Crippen molar-refractivity contribution in [3.63, 3.8) is 0 Å². The lowest BCUT2D eigenvalue weighted by molar-refractivity contribution is -0.123. The molecule has 0 atom stereocenters. The Morgan fingerprint density at radius 2 is 1.73 bits per heavy atom. The van der Waals surface area contributed by atoms with E-state index in [0.717, 1.165) is 11.1 Å². The number of hydrogen-bond acceptors (Lipinski definition) is 4. The molecular weight excluding hydrogens is 278 g/mol. The van der Waals surface area contributed by atoms with Gasteiger partial charge in [0.25, 0.3) is 5.91 Å². The summed E-state index contributed by atoms with van der Waals surface area (Å²) in [5.74, 6) is 0.482. The van der Waals surface area contributed by atoms with Gasteiger partial charge in [0.05, 0.1) is 0 Å². The van der Waals surface area contributed by atoms with Gasteiger partial charge in [-0.1, -0.05) is 24.3 Å². The van der Waals surface area contributed by atoms with Crippen LogP contribution in [-0.2, 0) is 4.79 Å². The van der Waals surface area contributed by atoms with Crippen molar-refractivity contribution in [2.24, 2.45) is 5.73 Å². The van der Waals surface area contributed by atoms with Gasteiger partial charge in [-0.2, -0.15) is 0 Å². The maximum Gasteiger partial charge on any atom is 0.257 e. The number of aromatic nitrogens is 1. The Balaban J connectivity index is 1.85. The topological polar surface area (TPSA) is 77.2 Å². The maximum atomic E-state index is 11.4. The highest BCUT2D eigenvalue weighted by Gasteiger charge is 2.01. The van der Waals surface area contributed by atoms with Crippen LogP contribution in [0.15, 0.2) is 48.8 Å². The summed E-state index contributed by atoms with van der Waals surface area (Å²) in [6.07, 6.45) is 7.53. The zero-order chi connectivity index (χ0) is 15.6. The van der Waals surface area contributed by atoms with Crippen molar-refractivity contribution in [2.45, 2.75) is 0 Å². The van der Waals surface area contributed by atoms with Crippen LogP contribution in [0, 0.1) is 0 Å². The van der Waals surface area contributed by atoms with Gasteiger partial charge in [-0.3, -0.25) is 9.78 Å². The summed E-state index contributed by atoms with van der Waals surface area (Å²) >= 11 is 0. The molecule has 0 aliphatic heterocycles. The number of ether oxygens (including phenoxy) is 1. The fourth-order valence-electron chi connectivity index (χ4n) is 1.75. The third-order valence-corrected chi connectivity index (χ3v) is 2.89. The first kappa shape index (κ1) is 15.7. The number of benzene rings is 1. The van der Waals surface area contributed by atoms with Crippen molar-refractivity contribution in [1.82, 2.24) is 10.3 Å². The smallest absolute Gasteiger partial charge is 0.257 e. The predicted octanol–water partition coefficient (Wildman–Crippen LogP) is 1.71. The molecule has 0 saturated heterocycles. The van der Waals surface area contributed by atoms with Gasteiger partial charge in [0.1, 0.15) is 5.75 Å². The van der Waals surface area contributed by atoms with E-state index in [4.69, 9.17) is 10.5 Å². The summed E-state index contributed by atoms with van der Waals surface area (Å²) in [5, 5.41) is 2.65. The maximum absolute atomic E-state index is 11.4. The molecule has 0 spiro atoms. The molecule has 0 aliphatic rings. The zero-order valence-electron chi connectivity index (χ0n) is 12.2. The van der Waals surface area contributed by atoms with E-state index in [2.05, 4.69) is 10.3 Å². The Morgan fingerprint density at radius 1 is 1.09 bits per heavy atom. The molecule has 1 heterocycles. The number of rotatable bonds is 7. The fraction of sp³-hybridized carbons (Fsp3) is 0.176. The van der Waals surface area contributed by atoms with Crippen molar-refractivity contribution >= 4 is 18.1 Å². The zero-order valence-corrected chi connectivity index (χ0v) is 12.2. The van der Waals surface area contributed by atoms with Gasteiger partial charge in [-0.15, -0.1) is 0 Å². The summed E-state index contributed by atoms with van der Waals surface area (Å²) in [6, 6.07) is 11.4. The van der Waals surface area contributed by atoms with E-state index in [0.29, 0.717) is 18.8 Å². The third kappa shape index (κ3) is 5.38. The van der Waals surface area contributed by atoms with E-state index in [-0.39, 0.29) is 12.5 Å². The summed E-state index contributed by atoms with van der Waals surface area (Å²) in [4.78, 5) is 15.4. The lowest BCUT2D eigenvalue weighted by Crippen LogP contribution is -2.32. The van der Waals surface area contributed by atoms with Gasteiger partial charge in [0.15, 0.2) is 6.61 Å². The molecule has 5 heteroatoms. The molecular formula is C17H19N3O2. The number of nitrogens with zero attached hydrogens (tertiary/aromatic N) is 1. The van der Waals surface area contributed by atoms with Gasteiger partial charge in [0, 0.05) is 25.5 Å². The lowest BCUT2D eigenvalue weighted by atomic mass is 10.1. The molecule has 1 aromatic carbocycles. The number of nitrogens with one attached hydrogen (secondary N) is 1. The second kappa shape index (κ2) is 8.59. The van der Waals surface area contributed by atoms with Crippen LogP contribution in [-0.4, -0.2) is 30.6 Å². The second-order valence-corrected chi connectivity index (χ2v) is 4.61. The van der Waals surface area contributed by atoms with Crippen LogP contribution in [0.4, 0.5) is 0 Å². The van der Waals surface area contributed by atoms with Gasteiger partial charge in [0.2, 0.25) is 0 Å². The van der Waals surface area contributed by atoms with Crippen LogP contribution in [0.25, 0.3) is 12.2 Å². The third-order valence-electron chi connectivity index (χ3n) is 2.89. The molecule has 5 nitrogen and oxygen atoms in total. The van der Waals surface area contributed by atoms with Crippen LogP contribution in [0.5, 0.6) is 5.75 Å². The quantitative estimate of drug-likeness (QED) is 0.815. The first-order valence-corrected chi connectivity index (χ1v) is 7.05. The Morgan fingerprint density at radius 3 is 2.36 bits per heavy atom. The number of nitrogens with two attached hydrogens (primary N) is 1. The molecule has 2 aromatic rings. The van der Waals surface area contributed by atoms with E-state index < -0.39 is 0 Å². The number of amides is 1. The lowest BCUT2D eigenvalue weighted by Gasteiger charge is -2.06. The highest BCUT2D eigenvalue weighted by molar-refractivity contribution is 5.77. The molecule has 0 aliphatic carbocycles. The van der Waals surface area contributed by atoms with Crippen LogP contribution in [0.3, 0.4) is 0 Å². The summed E-state index contributed by atoms with van der Waals surface area (Å²) in [7, 11) is 0. The SMILES string of the molecule is NCCNC(=O)COc1ccc(/C=C/c2ccncc2)cc1. The summed E-state index contributed by atoms with van der Waals surface area (Å²) in [6.45, 7) is 0.872. The van der Waals surface area contributed by atoms with E-state index in [1.807, 2.05) is 48.6 Å². The Kier molecular flexibility index (Phi) is 6.14. The molecule has 0 radical (unpaired) electrons. The van der Waals surface area contributed by atoms with Crippen molar-refractivity contribution in [3.05, 3.63) is 59.9 Å². The first-order valence-electron chi connectivity index (χ1n) is 7.05.